The molecule has 1 fully saturated rings. The van der Waals surface area contributed by atoms with Crippen molar-refractivity contribution in [3.8, 4) is 0 Å². The van der Waals surface area contributed by atoms with E-state index in [4.69, 9.17) is 0 Å². The van der Waals surface area contributed by atoms with Crippen LogP contribution in [0.3, 0.4) is 0 Å². The Hall–Kier alpha value is -1.55. The number of rotatable bonds is 3. The van der Waals surface area contributed by atoms with Crippen LogP contribution in [0.1, 0.15) is 32.7 Å². The van der Waals surface area contributed by atoms with Gasteiger partial charge in [-0.15, -0.1) is 0 Å². The molecule has 20 heavy (non-hydrogen) atoms. The minimum Gasteiger partial charge on any atom is -0.317 e. The second kappa shape index (κ2) is 5.44. The zero-order valence-electron chi connectivity index (χ0n) is 12.3. The molecule has 108 valence electrons. The molecule has 0 bridgehead atoms. The average molecular weight is 273 g/mol. The van der Waals surface area contributed by atoms with Crippen molar-refractivity contribution in [3.05, 3.63) is 34.7 Å². The lowest BCUT2D eigenvalue weighted by molar-refractivity contribution is 0.362. The van der Waals surface area contributed by atoms with E-state index in [2.05, 4.69) is 31.3 Å². The SMILES string of the molecule is CC(C)Cn1c(=O)n(C2CCNCC2)c2ccccc21. The maximum absolute atomic E-state index is 12.8. The molecule has 0 unspecified atom stereocenters. The molecule has 2 heterocycles. The first-order valence-electron chi connectivity index (χ1n) is 7.59. The maximum atomic E-state index is 12.8. The lowest BCUT2D eigenvalue weighted by Crippen LogP contribution is -2.35. The van der Waals surface area contributed by atoms with Gasteiger partial charge in [-0.3, -0.25) is 9.13 Å². The first kappa shape index (κ1) is 13.4. The highest BCUT2D eigenvalue weighted by molar-refractivity contribution is 5.76. The number of fused-ring (bicyclic) bond motifs is 1. The Balaban J connectivity index is 2.15. The first-order chi connectivity index (χ1) is 9.68. The number of imidazole rings is 1. The molecule has 2 aromatic rings. The van der Waals surface area contributed by atoms with Gasteiger partial charge in [0.15, 0.2) is 0 Å². The van der Waals surface area contributed by atoms with Gasteiger partial charge in [0, 0.05) is 12.6 Å². The third-order valence-corrected chi connectivity index (χ3v) is 4.09. The van der Waals surface area contributed by atoms with Gasteiger partial charge in [0.2, 0.25) is 0 Å². The molecule has 0 saturated carbocycles. The largest absolute Gasteiger partial charge is 0.329 e. The Bertz CT molecular complexity index is 647. The summed E-state index contributed by atoms with van der Waals surface area (Å²) in [6, 6.07) is 8.53. The summed E-state index contributed by atoms with van der Waals surface area (Å²) in [7, 11) is 0. The van der Waals surface area contributed by atoms with Crippen molar-refractivity contribution in [2.45, 2.75) is 39.3 Å². The molecule has 0 aliphatic carbocycles. The number of nitrogens with zero attached hydrogens (tertiary/aromatic N) is 2. The number of para-hydroxylation sites is 2. The molecular weight excluding hydrogens is 250 g/mol. The van der Waals surface area contributed by atoms with Crippen molar-refractivity contribution < 1.29 is 0 Å². The van der Waals surface area contributed by atoms with Crippen LogP contribution in [0.5, 0.6) is 0 Å². The number of hydrogen-bond donors (Lipinski definition) is 1. The van der Waals surface area contributed by atoms with E-state index in [9.17, 15) is 4.79 Å². The quantitative estimate of drug-likeness (QED) is 0.932. The van der Waals surface area contributed by atoms with E-state index >= 15 is 0 Å². The molecule has 0 amide bonds. The minimum atomic E-state index is 0.159. The van der Waals surface area contributed by atoms with Gasteiger partial charge in [-0.1, -0.05) is 26.0 Å². The molecular formula is C16H23N3O. The third-order valence-electron chi connectivity index (χ3n) is 4.09. The van der Waals surface area contributed by atoms with Crippen molar-refractivity contribution in [2.24, 2.45) is 5.92 Å². The van der Waals surface area contributed by atoms with Gasteiger partial charge in [-0.25, -0.2) is 4.79 Å². The van der Waals surface area contributed by atoms with E-state index in [1.165, 1.54) is 0 Å². The van der Waals surface area contributed by atoms with Crippen molar-refractivity contribution in [2.75, 3.05) is 13.1 Å². The van der Waals surface area contributed by atoms with Crippen LogP contribution in [0.15, 0.2) is 29.1 Å². The van der Waals surface area contributed by atoms with Crippen LogP contribution in [-0.2, 0) is 6.54 Å². The fourth-order valence-corrected chi connectivity index (χ4v) is 3.19. The van der Waals surface area contributed by atoms with Crippen LogP contribution in [0.4, 0.5) is 0 Å². The lowest BCUT2D eigenvalue weighted by Gasteiger charge is -2.23. The first-order valence-corrected chi connectivity index (χ1v) is 7.59. The zero-order valence-corrected chi connectivity index (χ0v) is 12.3. The highest BCUT2D eigenvalue weighted by Gasteiger charge is 2.22. The van der Waals surface area contributed by atoms with E-state index in [1.807, 2.05) is 21.3 Å². The molecule has 1 aliphatic heterocycles. The van der Waals surface area contributed by atoms with Gasteiger partial charge in [-0.05, 0) is 44.0 Å². The number of nitrogens with one attached hydrogen (secondary N) is 1. The van der Waals surface area contributed by atoms with E-state index in [1.54, 1.807) is 0 Å². The predicted octanol–water partition coefficient (Wildman–Crippen LogP) is 2.38. The topological polar surface area (TPSA) is 39.0 Å². The molecule has 1 N–H and O–H groups in total. The van der Waals surface area contributed by atoms with Crippen LogP contribution in [0.2, 0.25) is 0 Å². The molecule has 1 aromatic heterocycles. The molecule has 4 nitrogen and oxygen atoms in total. The highest BCUT2D eigenvalue weighted by atomic mass is 16.1. The zero-order chi connectivity index (χ0) is 14.1. The summed E-state index contributed by atoms with van der Waals surface area (Å²) in [4.78, 5) is 12.8. The lowest BCUT2D eigenvalue weighted by atomic mass is 10.1. The van der Waals surface area contributed by atoms with E-state index in [0.29, 0.717) is 12.0 Å². The van der Waals surface area contributed by atoms with Crippen LogP contribution in [-0.4, -0.2) is 22.2 Å². The Morgan fingerprint density at radius 1 is 1.20 bits per heavy atom. The predicted molar refractivity (Wildman–Crippen MR) is 82.2 cm³/mol. The summed E-state index contributed by atoms with van der Waals surface area (Å²) >= 11 is 0. The minimum absolute atomic E-state index is 0.159. The Kier molecular flexibility index (Phi) is 3.66. The summed E-state index contributed by atoms with van der Waals surface area (Å²) in [5, 5.41) is 3.37. The van der Waals surface area contributed by atoms with E-state index in [0.717, 1.165) is 43.5 Å². The maximum Gasteiger partial charge on any atom is 0.329 e. The third kappa shape index (κ3) is 2.29. The van der Waals surface area contributed by atoms with Crippen molar-refractivity contribution in [1.29, 1.82) is 0 Å². The summed E-state index contributed by atoms with van der Waals surface area (Å²) in [5.41, 5.74) is 2.32. The normalized spacial score (nSPS) is 17.1. The molecule has 4 heteroatoms. The summed E-state index contributed by atoms with van der Waals surface area (Å²) < 4.78 is 3.97. The van der Waals surface area contributed by atoms with Crippen LogP contribution in [0, 0.1) is 5.92 Å². The summed E-state index contributed by atoms with van der Waals surface area (Å²) in [6.07, 6.45) is 2.07. The van der Waals surface area contributed by atoms with Crippen LogP contribution < -0.4 is 11.0 Å². The molecule has 1 aromatic carbocycles. The molecule has 0 radical (unpaired) electrons. The van der Waals surface area contributed by atoms with E-state index in [-0.39, 0.29) is 5.69 Å². The molecule has 0 spiro atoms. The van der Waals surface area contributed by atoms with Gasteiger partial charge < -0.3 is 5.32 Å². The summed E-state index contributed by atoms with van der Waals surface area (Å²) in [6.45, 7) is 7.10. The van der Waals surface area contributed by atoms with Gasteiger partial charge in [0.05, 0.1) is 11.0 Å². The van der Waals surface area contributed by atoms with Gasteiger partial charge in [0.1, 0.15) is 0 Å². The average Bonchev–Trinajstić information content (AvgIpc) is 2.72. The smallest absolute Gasteiger partial charge is 0.317 e. The van der Waals surface area contributed by atoms with Crippen LogP contribution in [0.25, 0.3) is 11.0 Å². The second-order valence-electron chi connectivity index (χ2n) is 6.13. The van der Waals surface area contributed by atoms with Gasteiger partial charge >= 0.3 is 5.69 Å². The molecule has 3 rings (SSSR count). The van der Waals surface area contributed by atoms with Crippen molar-refractivity contribution in [3.63, 3.8) is 0 Å². The number of piperidine rings is 1. The molecule has 1 aliphatic rings. The second-order valence-corrected chi connectivity index (χ2v) is 6.13. The fraction of sp³-hybridized carbons (Fsp3) is 0.562. The van der Waals surface area contributed by atoms with Gasteiger partial charge in [0.25, 0.3) is 0 Å². The van der Waals surface area contributed by atoms with Crippen molar-refractivity contribution >= 4 is 11.0 Å². The Morgan fingerprint density at radius 2 is 1.85 bits per heavy atom. The number of benzene rings is 1. The highest BCUT2D eigenvalue weighted by Crippen LogP contribution is 2.23. The number of hydrogen-bond acceptors (Lipinski definition) is 2. The van der Waals surface area contributed by atoms with Crippen LogP contribution >= 0.6 is 0 Å². The monoisotopic (exact) mass is 273 g/mol. The van der Waals surface area contributed by atoms with Crippen molar-refractivity contribution in [1.82, 2.24) is 14.5 Å². The molecule has 1 saturated heterocycles. The van der Waals surface area contributed by atoms with E-state index < -0.39 is 0 Å². The van der Waals surface area contributed by atoms with Gasteiger partial charge in [-0.2, -0.15) is 0 Å². The Morgan fingerprint density at radius 3 is 2.50 bits per heavy atom. The standard InChI is InChI=1S/C16H23N3O/c1-12(2)11-18-14-5-3-4-6-15(14)19(16(18)20)13-7-9-17-10-8-13/h3-6,12-13,17H,7-11H2,1-2H3. The number of aromatic nitrogens is 2. The molecule has 0 atom stereocenters. The Labute approximate surface area is 119 Å². The fourth-order valence-electron chi connectivity index (χ4n) is 3.19. The summed E-state index contributed by atoms with van der Waals surface area (Å²) in [5.74, 6) is 0.472.